The summed E-state index contributed by atoms with van der Waals surface area (Å²) in [5.74, 6) is -0.242. The van der Waals surface area contributed by atoms with Gasteiger partial charge in [-0.2, -0.15) is 0 Å². The number of halogens is 1. The van der Waals surface area contributed by atoms with Crippen LogP contribution in [0.3, 0.4) is 0 Å². The molecule has 0 radical (unpaired) electrons. The Morgan fingerprint density at radius 3 is 2.62 bits per heavy atom. The van der Waals surface area contributed by atoms with Crippen molar-refractivity contribution in [2.24, 2.45) is 0 Å². The topological polar surface area (TPSA) is 71.2 Å². The van der Waals surface area contributed by atoms with Crippen LogP contribution in [0.15, 0.2) is 79.0 Å². The van der Waals surface area contributed by atoms with Crippen molar-refractivity contribution in [1.82, 2.24) is 4.98 Å². The molecule has 0 aliphatic carbocycles. The normalized spacial score (nSPS) is 10.7. The highest BCUT2D eigenvalue weighted by molar-refractivity contribution is 6.31. The Hall–Kier alpha value is -3.57. The van der Waals surface area contributed by atoms with Gasteiger partial charge in [-0.1, -0.05) is 41.9 Å². The Labute approximate surface area is 172 Å². The van der Waals surface area contributed by atoms with Gasteiger partial charge in [0, 0.05) is 33.4 Å². The predicted molar refractivity (Wildman–Crippen MR) is 114 cm³/mol. The van der Waals surface area contributed by atoms with Crippen LogP contribution in [0.25, 0.3) is 10.9 Å². The van der Waals surface area contributed by atoms with E-state index in [1.807, 2.05) is 36.5 Å². The van der Waals surface area contributed by atoms with Gasteiger partial charge in [0.2, 0.25) is 0 Å². The van der Waals surface area contributed by atoms with Crippen LogP contribution in [0.2, 0.25) is 5.02 Å². The molecule has 2 N–H and O–H groups in total. The van der Waals surface area contributed by atoms with E-state index in [9.17, 15) is 9.59 Å². The molecule has 1 heterocycles. The second kappa shape index (κ2) is 8.20. The summed E-state index contributed by atoms with van der Waals surface area (Å²) >= 11 is 6.07. The molecule has 1 amide bonds. The van der Waals surface area contributed by atoms with Gasteiger partial charge in [-0.3, -0.25) is 9.59 Å². The van der Waals surface area contributed by atoms with E-state index in [0.717, 1.165) is 10.9 Å². The molecule has 1 aromatic heterocycles. The second-order valence-electron chi connectivity index (χ2n) is 6.45. The summed E-state index contributed by atoms with van der Waals surface area (Å²) in [7, 11) is 0. The molecule has 0 spiro atoms. The number of ketones is 1. The fraction of sp³-hybridized carbons (Fsp3) is 0.0435. The van der Waals surface area contributed by atoms with Gasteiger partial charge < -0.3 is 15.0 Å². The fourth-order valence-corrected chi connectivity index (χ4v) is 3.19. The number of aromatic amines is 1. The zero-order chi connectivity index (χ0) is 20.2. The first-order chi connectivity index (χ1) is 14.1. The Morgan fingerprint density at radius 1 is 0.966 bits per heavy atom. The summed E-state index contributed by atoms with van der Waals surface area (Å²) in [5, 5.41) is 4.21. The average molecular weight is 405 g/mol. The summed E-state index contributed by atoms with van der Waals surface area (Å²) in [5.41, 5.74) is 2.49. The van der Waals surface area contributed by atoms with Crippen LogP contribution in [0.4, 0.5) is 5.69 Å². The van der Waals surface area contributed by atoms with E-state index in [-0.39, 0.29) is 18.3 Å². The number of aromatic nitrogens is 1. The zero-order valence-electron chi connectivity index (χ0n) is 15.3. The number of carbonyl (C=O) groups excluding carboxylic acids is 2. The molecule has 0 atom stereocenters. The molecule has 144 valence electrons. The molecule has 4 rings (SSSR count). The van der Waals surface area contributed by atoms with Gasteiger partial charge in [-0.05, 0) is 42.5 Å². The first-order valence-corrected chi connectivity index (χ1v) is 9.37. The highest BCUT2D eigenvalue weighted by Crippen LogP contribution is 2.26. The SMILES string of the molecule is O=C(COc1ccc(Cl)cc1C(=O)c1ccccc1)Nc1ccc2[nH]ccc2c1. The Bertz CT molecular complexity index is 1190. The summed E-state index contributed by atoms with van der Waals surface area (Å²) in [6.07, 6.45) is 1.84. The Kier molecular flexibility index (Phi) is 5.31. The fourth-order valence-electron chi connectivity index (χ4n) is 3.02. The van der Waals surface area contributed by atoms with Crippen LogP contribution in [0, 0.1) is 0 Å². The lowest BCUT2D eigenvalue weighted by Gasteiger charge is -2.12. The highest BCUT2D eigenvalue weighted by Gasteiger charge is 2.16. The van der Waals surface area contributed by atoms with Crippen molar-refractivity contribution in [2.45, 2.75) is 0 Å². The first kappa shape index (κ1) is 18.8. The molecular formula is C23H17ClN2O3. The molecule has 3 aromatic carbocycles. The van der Waals surface area contributed by atoms with Crippen molar-refractivity contribution < 1.29 is 14.3 Å². The summed E-state index contributed by atoms with van der Waals surface area (Å²) in [4.78, 5) is 28.2. The molecule has 6 heteroatoms. The van der Waals surface area contributed by atoms with Gasteiger partial charge in [-0.25, -0.2) is 0 Å². The molecule has 0 bridgehead atoms. The lowest BCUT2D eigenvalue weighted by Crippen LogP contribution is -2.21. The lowest BCUT2D eigenvalue weighted by molar-refractivity contribution is -0.118. The van der Waals surface area contributed by atoms with Crippen molar-refractivity contribution >= 4 is 39.9 Å². The molecule has 4 aromatic rings. The van der Waals surface area contributed by atoms with Gasteiger partial charge in [0.25, 0.3) is 5.91 Å². The number of H-pyrrole nitrogens is 1. The average Bonchev–Trinajstić information content (AvgIpc) is 3.21. The van der Waals surface area contributed by atoms with Crippen molar-refractivity contribution in [1.29, 1.82) is 0 Å². The summed E-state index contributed by atoms with van der Waals surface area (Å²) in [6, 6.07) is 21.1. The molecule has 0 saturated heterocycles. The van der Waals surface area contributed by atoms with E-state index in [1.165, 1.54) is 0 Å². The number of amides is 1. The third-order valence-electron chi connectivity index (χ3n) is 4.42. The van der Waals surface area contributed by atoms with Crippen molar-refractivity contribution in [3.05, 3.63) is 95.1 Å². The number of hydrogen-bond acceptors (Lipinski definition) is 3. The van der Waals surface area contributed by atoms with Crippen molar-refractivity contribution in [2.75, 3.05) is 11.9 Å². The van der Waals surface area contributed by atoms with Gasteiger partial charge in [-0.15, -0.1) is 0 Å². The second-order valence-corrected chi connectivity index (χ2v) is 6.89. The minimum Gasteiger partial charge on any atom is -0.483 e. The quantitative estimate of drug-likeness (QED) is 0.441. The van der Waals surface area contributed by atoms with Gasteiger partial charge >= 0.3 is 0 Å². The van der Waals surface area contributed by atoms with E-state index in [4.69, 9.17) is 16.3 Å². The number of carbonyl (C=O) groups is 2. The number of benzene rings is 3. The zero-order valence-corrected chi connectivity index (χ0v) is 16.1. The van der Waals surface area contributed by atoms with E-state index in [0.29, 0.717) is 27.6 Å². The smallest absolute Gasteiger partial charge is 0.262 e. The number of hydrogen-bond donors (Lipinski definition) is 2. The van der Waals surface area contributed by atoms with Crippen LogP contribution >= 0.6 is 11.6 Å². The third-order valence-corrected chi connectivity index (χ3v) is 4.65. The Morgan fingerprint density at radius 2 is 1.79 bits per heavy atom. The maximum Gasteiger partial charge on any atom is 0.262 e. The van der Waals surface area contributed by atoms with E-state index < -0.39 is 0 Å². The number of rotatable bonds is 6. The van der Waals surface area contributed by atoms with E-state index >= 15 is 0 Å². The molecule has 0 aliphatic heterocycles. The molecule has 0 saturated carbocycles. The molecule has 0 aliphatic rings. The van der Waals surface area contributed by atoms with Crippen molar-refractivity contribution in [3.8, 4) is 5.75 Å². The van der Waals surface area contributed by atoms with E-state index in [1.54, 1.807) is 42.5 Å². The predicted octanol–water partition coefficient (Wildman–Crippen LogP) is 5.07. The lowest BCUT2D eigenvalue weighted by atomic mass is 10.0. The Balaban J connectivity index is 1.47. The molecule has 0 unspecified atom stereocenters. The molecule has 5 nitrogen and oxygen atoms in total. The van der Waals surface area contributed by atoms with E-state index in [2.05, 4.69) is 10.3 Å². The minimum atomic E-state index is -0.326. The van der Waals surface area contributed by atoms with Gasteiger partial charge in [0.05, 0.1) is 5.56 Å². The van der Waals surface area contributed by atoms with Gasteiger partial charge in [0.1, 0.15) is 5.75 Å². The van der Waals surface area contributed by atoms with Gasteiger partial charge in [0.15, 0.2) is 12.4 Å². The maximum atomic E-state index is 12.8. The van der Waals surface area contributed by atoms with Crippen LogP contribution in [0.5, 0.6) is 5.75 Å². The standard InChI is InChI=1S/C23H17ClN2O3/c24-17-6-9-21(19(13-17)23(28)15-4-2-1-3-5-15)29-14-22(27)26-18-7-8-20-16(12-18)10-11-25-20/h1-13,25H,14H2,(H,26,27). The highest BCUT2D eigenvalue weighted by atomic mass is 35.5. The summed E-state index contributed by atoms with van der Waals surface area (Å²) < 4.78 is 5.64. The molecular weight excluding hydrogens is 388 g/mol. The number of nitrogens with one attached hydrogen (secondary N) is 2. The van der Waals surface area contributed by atoms with Crippen LogP contribution in [-0.4, -0.2) is 23.3 Å². The van der Waals surface area contributed by atoms with Crippen LogP contribution in [-0.2, 0) is 4.79 Å². The first-order valence-electron chi connectivity index (χ1n) is 8.99. The largest absolute Gasteiger partial charge is 0.483 e. The monoisotopic (exact) mass is 404 g/mol. The number of anilines is 1. The molecule has 29 heavy (non-hydrogen) atoms. The van der Waals surface area contributed by atoms with Crippen molar-refractivity contribution in [3.63, 3.8) is 0 Å². The summed E-state index contributed by atoms with van der Waals surface area (Å²) in [6.45, 7) is -0.234. The maximum absolute atomic E-state index is 12.8. The third kappa shape index (κ3) is 4.31. The van der Waals surface area contributed by atoms with Crippen LogP contribution in [0.1, 0.15) is 15.9 Å². The number of ether oxygens (including phenoxy) is 1. The minimum absolute atomic E-state index is 0.221. The number of fused-ring (bicyclic) bond motifs is 1. The molecule has 0 fully saturated rings. The van der Waals surface area contributed by atoms with Crippen LogP contribution < -0.4 is 10.1 Å².